The molecule has 5 heteroatoms. The predicted octanol–water partition coefficient (Wildman–Crippen LogP) is -3.69. The van der Waals surface area contributed by atoms with Crippen LogP contribution in [0.5, 0.6) is 0 Å². The molecule has 0 aliphatic heterocycles. The van der Waals surface area contributed by atoms with Crippen LogP contribution in [0.2, 0.25) is 0 Å². The van der Waals surface area contributed by atoms with Gasteiger partial charge >= 0.3 is 0 Å². The van der Waals surface area contributed by atoms with Crippen molar-refractivity contribution in [1.82, 2.24) is 0 Å². The Labute approximate surface area is 143 Å². The molecule has 0 aliphatic carbocycles. The van der Waals surface area contributed by atoms with E-state index in [4.69, 9.17) is 0 Å². The van der Waals surface area contributed by atoms with E-state index in [1.54, 1.807) is 0 Å². The van der Waals surface area contributed by atoms with Crippen LogP contribution in [0.25, 0.3) is 22.3 Å². The fourth-order valence-corrected chi connectivity index (χ4v) is 3.42. The van der Waals surface area contributed by atoms with Crippen molar-refractivity contribution >= 4 is 66.5 Å². The summed E-state index contributed by atoms with van der Waals surface area (Å²) >= 11 is 0. The Balaban J connectivity index is 2.21. The van der Waals surface area contributed by atoms with Gasteiger partial charge in [-0.2, -0.15) is 0 Å². The molecule has 3 aromatic carbocycles. The average Bonchev–Trinajstić information content (AvgIpc) is 2.59. The molecule has 0 unspecified atom stereocenters. The second-order valence-electron chi connectivity index (χ2n) is 6.45. The summed E-state index contributed by atoms with van der Waals surface area (Å²) < 4.78 is 0. The molecule has 0 N–H and O–H groups in total. The van der Waals surface area contributed by atoms with Gasteiger partial charge in [0, 0.05) is 0 Å². The summed E-state index contributed by atoms with van der Waals surface area (Å²) in [6, 6.07) is 19.5. The molecule has 0 aliphatic rings. The quantitative estimate of drug-likeness (QED) is 0.426. The van der Waals surface area contributed by atoms with Crippen LogP contribution in [-0.2, 0) is 0 Å². The molecule has 0 saturated heterocycles. The van der Waals surface area contributed by atoms with E-state index in [0.717, 1.165) is 0 Å². The third-order valence-electron chi connectivity index (χ3n) is 5.26. The molecule has 0 spiro atoms. The fourth-order valence-electron chi connectivity index (χ4n) is 3.42. The Morgan fingerprint density at radius 3 is 1.52 bits per heavy atom. The van der Waals surface area contributed by atoms with Crippen molar-refractivity contribution in [2.75, 3.05) is 0 Å². The lowest BCUT2D eigenvalue weighted by Gasteiger charge is -2.20. The minimum atomic E-state index is 1.27. The summed E-state index contributed by atoms with van der Waals surface area (Å²) in [5.74, 6) is 0. The Hall–Kier alpha value is -2.02. The van der Waals surface area contributed by atoms with Gasteiger partial charge in [0.25, 0.3) is 0 Å². The Morgan fingerprint density at radius 2 is 0.913 bits per heavy atom. The van der Waals surface area contributed by atoms with E-state index in [2.05, 4.69) is 93.8 Å². The number of benzene rings is 3. The lowest BCUT2D eigenvalue weighted by atomic mass is 9.59. The maximum absolute atomic E-state index is 2.32. The minimum Gasteiger partial charge on any atom is -0.102 e. The molecule has 0 aromatic heterocycles. The molecule has 106 valence electrons. The highest BCUT2D eigenvalue weighted by atomic mass is 14.1. The summed E-state index contributed by atoms with van der Waals surface area (Å²) in [7, 11) is 11.2. The summed E-state index contributed by atoms with van der Waals surface area (Å²) in [5.41, 5.74) is 12.3. The smallest absolute Gasteiger partial charge is 0.102 e. The molecule has 0 radical (unpaired) electrons. The van der Waals surface area contributed by atoms with Gasteiger partial charge in [-0.15, -0.1) is 16.4 Å². The highest BCUT2D eigenvalue weighted by molar-refractivity contribution is 6.68. The number of hydrogen-bond donors (Lipinski definition) is 0. The molecular formula is C18H19B5. The molecule has 0 saturated carbocycles. The topological polar surface area (TPSA) is 0 Å². The largest absolute Gasteiger partial charge is 0.139 e. The van der Waals surface area contributed by atoms with Gasteiger partial charge in [-0.25, -0.2) is 0 Å². The molecule has 23 heavy (non-hydrogen) atoms. The normalized spacial score (nSPS) is 10.6. The van der Waals surface area contributed by atoms with E-state index in [0.29, 0.717) is 0 Å². The SMILES string of the molecule is Bc1c(B)c(B)c(-c2cccc(-c3ccccc3)c2)c(B)c1B. The molecular weight excluding hydrogens is 270 g/mol. The molecule has 0 fully saturated rings. The van der Waals surface area contributed by atoms with Crippen LogP contribution in [0.15, 0.2) is 54.6 Å². The van der Waals surface area contributed by atoms with Gasteiger partial charge in [0.1, 0.15) is 39.2 Å². The van der Waals surface area contributed by atoms with E-state index in [-0.39, 0.29) is 0 Å². The zero-order chi connectivity index (χ0) is 16.6. The summed E-state index contributed by atoms with van der Waals surface area (Å²) in [4.78, 5) is 0. The maximum atomic E-state index is 2.32. The maximum Gasteiger partial charge on any atom is 0.139 e. The number of rotatable bonds is 2. The van der Waals surface area contributed by atoms with Gasteiger partial charge in [-0.3, -0.25) is 0 Å². The molecule has 0 amide bonds. The van der Waals surface area contributed by atoms with Crippen molar-refractivity contribution in [3.63, 3.8) is 0 Å². The molecule has 3 rings (SSSR count). The molecule has 0 bridgehead atoms. The third kappa shape index (κ3) is 2.81. The van der Waals surface area contributed by atoms with E-state index in [1.165, 1.54) is 49.6 Å². The second kappa shape index (κ2) is 6.24. The van der Waals surface area contributed by atoms with Gasteiger partial charge in [0.05, 0.1) is 0 Å². The van der Waals surface area contributed by atoms with Crippen molar-refractivity contribution in [2.24, 2.45) is 0 Å². The van der Waals surface area contributed by atoms with Crippen molar-refractivity contribution in [3.05, 3.63) is 54.6 Å². The Bertz CT molecular complexity index is 843. The summed E-state index contributed by atoms with van der Waals surface area (Å²) in [5, 5.41) is 0. The second-order valence-corrected chi connectivity index (χ2v) is 6.45. The highest BCUT2D eigenvalue weighted by Gasteiger charge is 2.13. The van der Waals surface area contributed by atoms with Gasteiger partial charge in [-0.1, -0.05) is 59.5 Å². The van der Waals surface area contributed by atoms with Gasteiger partial charge in [0.2, 0.25) is 0 Å². The fraction of sp³-hybridized carbons (Fsp3) is 0. The van der Waals surface area contributed by atoms with Gasteiger partial charge in [0.15, 0.2) is 0 Å². The van der Waals surface area contributed by atoms with Crippen molar-refractivity contribution in [1.29, 1.82) is 0 Å². The number of hydrogen-bond acceptors (Lipinski definition) is 0. The van der Waals surface area contributed by atoms with Crippen LogP contribution in [0.4, 0.5) is 0 Å². The minimum absolute atomic E-state index is 1.27. The van der Waals surface area contributed by atoms with Gasteiger partial charge in [-0.05, 0) is 28.3 Å². The molecule has 0 nitrogen and oxygen atoms in total. The average molecular weight is 289 g/mol. The first-order valence-electron chi connectivity index (χ1n) is 8.23. The molecule has 3 aromatic rings. The van der Waals surface area contributed by atoms with E-state index >= 15 is 0 Å². The first kappa shape index (κ1) is 15.9. The summed E-state index contributed by atoms with van der Waals surface area (Å²) in [6.45, 7) is 0. The van der Waals surface area contributed by atoms with Crippen LogP contribution in [0.1, 0.15) is 0 Å². The van der Waals surface area contributed by atoms with Crippen molar-refractivity contribution in [3.8, 4) is 22.3 Å². The Morgan fingerprint density at radius 1 is 0.435 bits per heavy atom. The van der Waals surface area contributed by atoms with Crippen LogP contribution in [0, 0.1) is 0 Å². The predicted molar refractivity (Wildman–Crippen MR) is 118 cm³/mol. The van der Waals surface area contributed by atoms with Crippen LogP contribution in [-0.4, -0.2) is 39.2 Å². The third-order valence-corrected chi connectivity index (χ3v) is 5.26. The summed E-state index contributed by atoms with van der Waals surface area (Å²) in [6.07, 6.45) is 0. The zero-order valence-corrected chi connectivity index (χ0v) is 14.7. The van der Waals surface area contributed by atoms with E-state index in [9.17, 15) is 0 Å². The van der Waals surface area contributed by atoms with E-state index in [1.807, 2.05) is 0 Å². The van der Waals surface area contributed by atoms with Crippen LogP contribution < -0.4 is 27.3 Å². The van der Waals surface area contributed by atoms with E-state index < -0.39 is 0 Å². The Kier molecular flexibility index (Phi) is 4.30. The van der Waals surface area contributed by atoms with Crippen molar-refractivity contribution in [2.45, 2.75) is 0 Å². The lowest BCUT2D eigenvalue weighted by Crippen LogP contribution is -2.55. The standard InChI is InChI=1S/C18H19B5/c19-14-13(15(20)17(22)18(23)16(14)21)12-8-4-7-11(9-12)10-5-2-1-3-6-10/h1-9H,19-23H2. The van der Waals surface area contributed by atoms with Gasteiger partial charge < -0.3 is 0 Å². The molecule has 0 heterocycles. The molecule has 0 atom stereocenters. The zero-order valence-electron chi connectivity index (χ0n) is 14.7. The monoisotopic (exact) mass is 290 g/mol. The van der Waals surface area contributed by atoms with Crippen LogP contribution in [0.3, 0.4) is 0 Å². The highest BCUT2D eigenvalue weighted by Crippen LogP contribution is 2.24. The lowest BCUT2D eigenvalue weighted by molar-refractivity contribution is 1.61. The van der Waals surface area contributed by atoms with Crippen molar-refractivity contribution < 1.29 is 0 Å². The first-order valence-corrected chi connectivity index (χ1v) is 8.23. The first-order chi connectivity index (χ1) is 11.0. The van der Waals surface area contributed by atoms with Crippen LogP contribution >= 0.6 is 0 Å².